The summed E-state index contributed by atoms with van der Waals surface area (Å²) in [5.41, 5.74) is 3.31. The fourth-order valence-electron chi connectivity index (χ4n) is 13.6. The first-order valence-corrected chi connectivity index (χ1v) is 35.7. The molecule has 6 aromatic rings. The van der Waals surface area contributed by atoms with Gasteiger partial charge in [-0.15, -0.1) is 11.8 Å². The molecule has 11 nitrogen and oxygen atoms in total. The molecule has 0 radical (unpaired) electrons. The summed E-state index contributed by atoms with van der Waals surface area (Å²) in [7, 11) is 2.71. The van der Waals surface area contributed by atoms with E-state index in [1.165, 1.54) is 25.3 Å². The first-order chi connectivity index (χ1) is 46.5. The first kappa shape index (κ1) is 88.2. The second-order valence-electron chi connectivity index (χ2n) is 27.2. The number of methoxy groups -OCH3 is 2. The molecule has 0 spiro atoms. The summed E-state index contributed by atoms with van der Waals surface area (Å²) in [6.07, 6.45) is -3.14. The van der Waals surface area contributed by atoms with Crippen molar-refractivity contribution in [2.45, 2.75) is 167 Å². The first-order valence-electron chi connectivity index (χ1n) is 33.9. The largest absolute Gasteiger partial charge is 1.00 e. The molecule has 0 amide bonds. The van der Waals surface area contributed by atoms with Gasteiger partial charge in [-0.3, -0.25) is 19.2 Å². The van der Waals surface area contributed by atoms with Crippen molar-refractivity contribution in [2.24, 2.45) is 34.5 Å². The predicted molar refractivity (Wildman–Crippen MR) is 383 cm³/mol. The number of aliphatic hydroxyl groups excluding tert-OH is 1. The Morgan fingerprint density at radius 1 is 0.540 bits per heavy atom. The summed E-state index contributed by atoms with van der Waals surface area (Å²) in [4.78, 5) is 53.9. The van der Waals surface area contributed by atoms with E-state index in [9.17, 15) is 50.6 Å². The van der Waals surface area contributed by atoms with Crippen LogP contribution in [0.25, 0.3) is 0 Å². The Bertz CT molecular complexity index is 3210. The molecule has 2 N–H and O–H groups in total. The number of thioether (sulfide) groups is 1. The molecule has 1 heterocycles. The Hall–Kier alpha value is -6.04. The number of alkyl halides is 6. The van der Waals surface area contributed by atoms with Crippen LogP contribution in [0.5, 0.6) is 0 Å². The molecule has 100 heavy (non-hydrogen) atoms. The SMILES string of the molecule is CCC(C)CC(CC(CC(C)(CC(C)C(=O)OC)C(=O)OCC(O)CSCC(F)(F)F)(c1ccccc1)c1ccccc1)c1ccccc1.CCC(C)CC(CC(CC(C)(CC(C)C(=O)OC)C(=O)OCC1CO1)(c1ccccc1)c1ccccc1)c1ccccc1.FC(F)(F)CS.[Li+].[OH-]. The Morgan fingerprint density at radius 3 is 1.13 bits per heavy atom. The van der Waals surface area contributed by atoms with Gasteiger partial charge in [-0.2, -0.15) is 39.0 Å². The quantitative estimate of drug-likeness (QED) is 0.00966. The number of ether oxygens (including phenoxy) is 5. The van der Waals surface area contributed by atoms with Crippen molar-refractivity contribution in [3.05, 3.63) is 215 Å². The molecule has 1 aliphatic rings. The van der Waals surface area contributed by atoms with Gasteiger partial charge in [0.15, 0.2) is 0 Å². The van der Waals surface area contributed by atoms with Crippen LogP contribution in [0.15, 0.2) is 182 Å². The number of carbonyl (C=O) groups is 4. The van der Waals surface area contributed by atoms with Gasteiger partial charge in [-0.1, -0.05) is 236 Å². The van der Waals surface area contributed by atoms with Crippen LogP contribution in [-0.4, -0.2) is 110 Å². The van der Waals surface area contributed by atoms with E-state index in [0.29, 0.717) is 49.5 Å². The maximum Gasteiger partial charge on any atom is 1.00 e. The normalized spacial score (nSPS) is 16.2. The summed E-state index contributed by atoms with van der Waals surface area (Å²) in [6, 6.07) is 62.5. The van der Waals surface area contributed by atoms with Crippen LogP contribution in [0.1, 0.15) is 165 Å². The summed E-state index contributed by atoms with van der Waals surface area (Å²) in [5, 5.41) is 10.5. The van der Waals surface area contributed by atoms with Crippen molar-refractivity contribution in [2.75, 3.05) is 51.3 Å². The van der Waals surface area contributed by atoms with Crippen LogP contribution in [0, 0.1) is 34.5 Å². The van der Waals surface area contributed by atoms with E-state index in [4.69, 9.17) is 23.7 Å². The van der Waals surface area contributed by atoms with Crippen molar-refractivity contribution in [3.63, 3.8) is 0 Å². The predicted octanol–water partition coefficient (Wildman–Crippen LogP) is 15.8. The average Bonchev–Trinajstić information content (AvgIpc) is 0.851. The summed E-state index contributed by atoms with van der Waals surface area (Å²) in [6.45, 7) is 16.7. The molecule has 0 saturated carbocycles. The van der Waals surface area contributed by atoms with Gasteiger partial charge in [-0.05, 0) is 122 Å². The Morgan fingerprint density at radius 2 is 0.850 bits per heavy atom. The van der Waals surface area contributed by atoms with Gasteiger partial charge >= 0.3 is 55.1 Å². The topological polar surface area (TPSA) is 168 Å². The van der Waals surface area contributed by atoms with Crippen LogP contribution in [0.3, 0.4) is 0 Å². The maximum absolute atomic E-state index is 14.3. The van der Waals surface area contributed by atoms with Gasteiger partial charge in [0.1, 0.15) is 19.3 Å². The number of aliphatic hydroxyl groups is 1. The minimum absolute atomic E-state index is 0. The standard InChI is InChI=1S/C40H51F3O5S.C38H48O5.C2H3F3S.Li.H2O/c1-6-29(2)22-32(31-16-10-7-11-17-31)24-39(33-18-12-8-13-19-33,34-20-14-9-15-21-34)27-38(4,23-30(3)36(45)47-5)37(46)48-25-35(44)26-49-28-40(41,42)43;1-6-28(2)22-31(30-16-10-7-11-17-30)24-38(32-18-12-8-13-19-32,33-20-14-9-15-21-33)27-37(4,23-29(3)35(39)41-5)36(40)43-26-34-25-42-34;3-2(4,5)1-6;;/h7-21,29-30,32,35,44H,6,22-28H2,1-5H3;7-21,28-29,31,34H,6,22-27H2,1-5H3;6H,1H2;;1H2/q;;;+1;/p-1. The third-order valence-electron chi connectivity index (χ3n) is 18.9. The van der Waals surface area contributed by atoms with Crippen LogP contribution in [0.2, 0.25) is 0 Å². The molecule has 0 bridgehead atoms. The van der Waals surface area contributed by atoms with Crippen LogP contribution in [0.4, 0.5) is 26.3 Å². The van der Waals surface area contributed by atoms with Gasteiger partial charge in [0, 0.05) is 16.6 Å². The number of carbonyl (C=O) groups excluding carboxylic acids is 4. The van der Waals surface area contributed by atoms with Gasteiger partial charge in [0.05, 0.1) is 61.1 Å². The molecular formula is C80H103F6LiO11S2. The van der Waals surface area contributed by atoms with Crippen molar-refractivity contribution >= 4 is 48.3 Å². The molecule has 544 valence electrons. The second kappa shape index (κ2) is 42.5. The zero-order valence-electron chi connectivity index (χ0n) is 59.9. The van der Waals surface area contributed by atoms with E-state index in [1.807, 2.05) is 80.6 Å². The van der Waals surface area contributed by atoms with E-state index in [-0.39, 0.29) is 79.4 Å². The van der Waals surface area contributed by atoms with Crippen molar-refractivity contribution < 1.29 is 98.6 Å². The summed E-state index contributed by atoms with van der Waals surface area (Å²) < 4.78 is 97.4. The zero-order chi connectivity index (χ0) is 72.2. The number of esters is 4. The number of rotatable bonds is 35. The monoisotopic (exact) mass is 1420 g/mol. The second-order valence-corrected chi connectivity index (χ2v) is 28.5. The van der Waals surface area contributed by atoms with E-state index >= 15 is 0 Å². The number of hydrogen-bond acceptors (Lipinski definition) is 13. The third-order valence-corrected chi connectivity index (χ3v) is 20.4. The number of benzene rings is 6. The van der Waals surface area contributed by atoms with Crippen molar-refractivity contribution in [1.82, 2.24) is 0 Å². The smallest absolute Gasteiger partial charge is 0.870 e. The zero-order valence-corrected chi connectivity index (χ0v) is 61.7. The molecule has 1 saturated heterocycles. The van der Waals surface area contributed by atoms with E-state index in [1.54, 1.807) is 13.8 Å². The van der Waals surface area contributed by atoms with E-state index in [0.717, 1.165) is 54.4 Å². The van der Waals surface area contributed by atoms with Crippen LogP contribution >= 0.6 is 24.4 Å². The number of hydrogen-bond donors (Lipinski definition) is 2. The van der Waals surface area contributed by atoms with Gasteiger partial charge in [0.2, 0.25) is 0 Å². The van der Waals surface area contributed by atoms with E-state index < -0.39 is 82.0 Å². The summed E-state index contributed by atoms with van der Waals surface area (Å²) >= 11 is 3.51. The van der Waals surface area contributed by atoms with Crippen LogP contribution in [-0.2, 0) is 53.7 Å². The molecule has 10 atom stereocenters. The average molecular weight is 1430 g/mol. The van der Waals surface area contributed by atoms with Gasteiger partial charge in [-0.25, -0.2) is 0 Å². The van der Waals surface area contributed by atoms with Crippen molar-refractivity contribution in [3.8, 4) is 0 Å². The Balaban J connectivity index is 0.000000474. The molecular weight excluding hydrogens is 1320 g/mol. The summed E-state index contributed by atoms with van der Waals surface area (Å²) in [5.74, 6) is -3.92. The number of epoxide rings is 1. The minimum Gasteiger partial charge on any atom is -0.870 e. The number of thiol groups is 1. The number of halogens is 6. The molecule has 1 fully saturated rings. The van der Waals surface area contributed by atoms with Crippen LogP contribution < -0.4 is 18.9 Å². The van der Waals surface area contributed by atoms with Gasteiger partial charge < -0.3 is 34.3 Å². The molecule has 20 heteroatoms. The van der Waals surface area contributed by atoms with Gasteiger partial charge in [0.25, 0.3) is 0 Å². The molecule has 10 unspecified atom stereocenters. The third kappa shape index (κ3) is 28.0. The fraction of sp³-hybridized carbons (Fsp3) is 0.500. The Kier molecular flexibility index (Phi) is 37.5. The molecule has 0 aromatic heterocycles. The molecule has 0 aliphatic carbocycles. The molecule has 6 aromatic carbocycles. The van der Waals surface area contributed by atoms with E-state index in [2.05, 4.69) is 156 Å². The fourth-order valence-corrected chi connectivity index (χ4v) is 14.3. The molecule has 7 rings (SSSR count). The minimum atomic E-state index is -4.37. The maximum atomic E-state index is 14.3. The van der Waals surface area contributed by atoms with Crippen molar-refractivity contribution in [1.29, 1.82) is 0 Å². The molecule has 1 aliphatic heterocycles. The Labute approximate surface area is 611 Å².